The molecule has 27 heavy (non-hydrogen) atoms. The average Bonchev–Trinajstić information content (AvgIpc) is 3.02. The molecule has 0 radical (unpaired) electrons. The summed E-state index contributed by atoms with van der Waals surface area (Å²) in [5.74, 6) is 0.521. The van der Waals surface area contributed by atoms with Gasteiger partial charge in [-0.3, -0.25) is 19.5 Å². The van der Waals surface area contributed by atoms with E-state index in [2.05, 4.69) is 10.3 Å². The van der Waals surface area contributed by atoms with Crippen molar-refractivity contribution < 1.29 is 14.3 Å². The Kier molecular flexibility index (Phi) is 6.03. The van der Waals surface area contributed by atoms with Crippen molar-refractivity contribution in [1.82, 2.24) is 15.2 Å². The SMILES string of the molecule is COc1ccccc1N1C[C@@H](NC(=O)CN(C)Cc2ccccn2)CC1=O. The number of amides is 2. The Bertz CT molecular complexity index is 797. The predicted octanol–water partition coefficient (Wildman–Crippen LogP) is 1.44. The number of para-hydroxylation sites is 2. The van der Waals surface area contributed by atoms with Crippen LogP contribution in [0.1, 0.15) is 12.1 Å². The highest BCUT2D eigenvalue weighted by Crippen LogP contribution is 2.30. The van der Waals surface area contributed by atoms with Crippen LogP contribution >= 0.6 is 0 Å². The van der Waals surface area contributed by atoms with Crippen LogP contribution in [0.25, 0.3) is 0 Å². The minimum Gasteiger partial charge on any atom is -0.495 e. The normalized spacial score (nSPS) is 16.6. The quantitative estimate of drug-likeness (QED) is 0.801. The van der Waals surface area contributed by atoms with Gasteiger partial charge in [0.25, 0.3) is 0 Å². The first-order valence-electron chi connectivity index (χ1n) is 8.88. The summed E-state index contributed by atoms with van der Waals surface area (Å²) in [7, 11) is 3.45. The van der Waals surface area contributed by atoms with Gasteiger partial charge in [0.1, 0.15) is 5.75 Å². The van der Waals surface area contributed by atoms with Gasteiger partial charge in [0.2, 0.25) is 11.8 Å². The first-order valence-corrected chi connectivity index (χ1v) is 8.88. The molecule has 0 unspecified atom stereocenters. The minimum absolute atomic E-state index is 0.0216. The predicted molar refractivity (Wildman–Crippen MR) is 102 cm³/mol. The van der Waals surface area contributed by atoms with Gasteiger partial charge < -0.3 is 15.0 Å². The third kappa shape index (κ3) is 4.83. The number of anilines is 1. The molecular weight excluding hydrogens is 344 g/mol. The monoisotopic (exact) mass is 368 g/mol. The number of hydrogen-bond donors (Lipinski definition) is 1. The molecule has 3 rings (SSSR count). The highest BCUT2D eigenvalue weighted by Gasteiger charge is 2.33. The lowest BCUT2D eigenvalue weighted by atomic mass is 10.2. The molecule has 1 aliphatic heterocycles. The summed E-state index contributed by atoms with van der Waals surface area (Å²) < 4.78 is 5.34. The van der Waals surface area contributed by atoms with E-state index in [9.17, 15) is 9.59 Å². The summed E-state index contributed by atoms with van der Waals surface area (Å²) in [5, 5.41) is 2.96. The number of pyridine rings is 1. The van der Waals surface area contributed by atoms with E-state index >= 15 is 0 Å². The van der Waals surface area contributed by atoms with Gasteiger partial charge in [-0.25, -0.2) is 0 Å². The summed E-state index contributed by atoms with van der Waals surface area (Å²) in [4.78, 5) is 32.6. The fourth-order valence-electron chi connectivity index (χ4n) is 3.23. The van der Waals surface area contributed by atoms with Crippen LogP contribution in [0.5, 0.6) is 5.75 Å². The molecule has 1 aromatic heterocycles. The van der Waals surface area contributed by atoms with E-state index in [1.54, 1.807) is 18.2 Å². The van der Waals surface area contributed by atoms with Crippen molar-refractivity contribution in [2.24, 2.45) is 0 Å². The lowest BCUT2D eigenvalue weighted by Crippen LogP contribution is -2.42. The second-order valence-corrected chi connectivity index (χ2v) is 6.64. The third-order valence-electron chi connectivity index (χ3n) is 4.44. The van der Waals surface area contributed by atoms with E-state index in [0.717, 1.165) is 11.4 Å². The van der Waals surface area contributed by atoms with Gasteiger partial charge in [0.05, 0.1) is 31.1 Å². The van der Waals surface area contributed by atoms with Gasteiger partial charge in [-0.05, 0) is 31.3 Å². The number of nitrogens with zero attached hydrogens (tertiary/aromatic N) is 3. The third-order valence-corrected chi connectivity index (χ3v) is 4.44. The smallest absolute Gasteiger partial charge is 0.234 e. The average molecular weight is 368 g/mol. The molecule has 0 saturated carbocycles. The van der Waals surface area contributed by atoms with Gasteiger partial charge >= 0.3 is 0 Å². The second-order valence-electron chi connectivity index (χ2n) is 6.64. The molecule has 2 heterocycles. The zero-order valence-corrected chi connectivity index (χ0v) is 15.6. The lowest BCUT2D eigenvalue weighted by molar-refractivity contribution is -0.122. The second kappa shape index (κ2) is 8.64. The molecule has 0 aliphatic carbocycles. The van der Waals surface area contributed by atoms with Gasteiger partial charge in [0.15, 0.2) is 0 Å². The van der Waals surface area contributed by atoms with E-state index in [-0.39, 0.29) is 30.8 Å². The zero-order valence-electron chi connectivity index (χ0n) is 15.6. The summed E-state index contributed by atoms with van der Waals surface area (Å²) in [6.45, 7) is 1.27. The molecule has 1 N–H and O–H groups in total. The molecule has 2 amide bonds. The van der Waals surface area contributed by atoms with Crippen LogP contribution in [0, 0.1) is 0 Å². The fourth-order valence-corrected chi connectivity index (χ4v) is 3.23. The number of likely N-dealkylation sites (N-methyl/N-ethyl adjacent to an activating group) is 1. The highest BCUT2D eigenvalue weighted by molar-refractivity contribution is 5.98. The highest BCUT2D eigenvalue weighted by atomic mass is 16.5. The number of rotatable bonds is 7. The van der Waals surface area contributed by atoms with Gasteiger partial charge in [-0.15, -0.1) is 0 Å². The number of aromatic nitrogens is 1. The molecule has 1 saturated heterocycles. The Hall–Kier alpha value is -2.93. The van der Waals surface area contributed by atoms with Crippen molar-refractivity contribution in [3.8, 4) is 5.75 Å². The Morgan fingerprint density at radius 1 is 1.30 bits per heavy atom. The van der Waals surface area contributed by atoms with Gasteiger partial charge in [0, 0.05) is 25.7 Å². The Morgan fingerprint density at radius 2 is 2.07 bits per heavy atom. The van der Waals surface area contributed by atoms with Crippen molar-refractivity contribution in [3.05, 3.63) is 54.4 Å². The van der Waals surface area contributed by atoms with Crippen molar-refractivity contribution in [2.45, 2.75) is 19.0 Å². The maximum atomic E-state index is 12.4. The molecule has 1 fully saturated rings. The molecule has 1 aromatic carbocycles. The molecule has 142 valence electrons. The first-order chi connectivity index (χ1) is 13.1. The number of benzene rings is 1. The zero-order chi connectivity index (χ0) is 19.2. The lowest BCUT2D eigenvalue weighted by Gasteiger charge is -2.20. The van der Waals surface area contributed by atoms with Crippen LogP contribution in [-0.4, -0.2) is 55.0 Å². The summed E-state index contributed by atoms with van der Waals surface area (Å²) >= 11 is 0. The topological polar surface area (TPSA) is 74.8 Å². The van der Waals surface area contributed by atoms with Crippen LogP contribution in [0.2, 0.25) is 0 Å². The summed E-state index contributed by atoms with van der Waals surface area (Å²) in [5.41, 5.74) is 1.64. The van der Waals surface area contributed by atoms with E-state index in [0.29, 0.717) is 18.8 Å². The van der Waals surface area contributed by atoms with E-state index < -0.39 is 0 Å². The molecule has 1 aliphatic rings. The molecular formula is C20H24N4O3. The summed E-state index contributed by atoms with van der Waals surface area (Å²) in [6, 6.07) is 12.9. The van der Waals surface area contributed by atoms with Crippen molar-refractivity contribution >= 4 is 17.5 Å². The van der Waals surface area contributed by atoms with E-state index in [1.807, 2.05) is 54.4 Å². The largest absolute Gasteiger partial charge is 0.495 e. The number of ether oxygens (including phenoxy) is 1. The maximum Gasteiger partial charge on any atom is 0.234 e. The number of nitrogens with one attached hydrogen (secondary N) is 1. The molecule has 0 spiro atoms. The van der Waals surface area contributed by atoms with E-state index in [4.69, 9.17) is 4.74 Å². The van der Waals surface area contributed by atoms with Crippen molar-refractivity contribution in [2.75, 3.05) is 32.1 Å². The molecule has 2 aromatic rings. The van der Waals surface area contributed by atoms with Crippen molar-refractivity contribution in [3.63, 3.8) is 0 Å². The first kappa shape index (κ1) is 18.8. The van der Waals surface area contributed by atoms with Crippen LogP contribution in [0.15, 0.2) is 48.7 Å². The fraction of sp³-hybridized carbons (Fsp3) is 0.350. The number of carbonyl (C=O) groups excluding carboxylic acids is 2. The molecule has 1 atom stereocenters. The molecule has 7 nitrogen and oxygen atoms in total. The van der Waals surface area contributed by atoms with Gasteiger partial charge in [-0.2, -0.15) is 0 Å². The van der Waals surface area contributed by atoms with Crippen LogP contribution < -0.4 is 15.0 Å². The Morgan fingerprint density at radius 3 is 2.81 bits per heavy atom. The Labute approximate surface area is 158 Å². The van der Waals surface area contributed by atoms with Crippen LogP contribution in [-0.2, 0) is 16.1 Å². The minimum atomic E-state index is -0.210. The number of carbonyl (C=O) groups is 2. The number of methoxy groups -OCH3 is 1. The van der Waals surface area contributed by atoms with Crippen LogP contribution in [0.3, 0.4) is 0 Å². The Balaban J connectivity index is 1.54. The maximum absolute atomic E-state index is 12.4. The molecule has 0 bridgehead atoms. The summed E-state index contributed by atoms with van der Waals surface area (Å²) in [6.07, 6.45) is 2.02. The van der Waals surface area contributed by atoms with Crippen LogP contribution in [0.4, 0.5) is 5.69 Å². The van der Waals surface area contributed by atoms with E-state index in [1.165, 1.54) is 0 Å². The molecule has 7 heteroatoms. The van der Waals surface area contributed by atoms with Crippen molar-refractivity contribution in [1.29, 1.82) is 0 Å². The number of hydrogen-bond acceptors (Lipinski definition) is 5. The van der Waals surface area contributed by atoms with Gasteiger partial charge in [-0.1, -0.05) is 18.2 Å². The standard InChI is InChI=1S/C20H24N4O3/c1-23(12-15-7-5-6-10-21-15)14-19(25)22-16-11-20(26)24(13-16)17-8-3-4-9-18(17)27-2/h3-10,16H,11-14H2,1-2H3,(H,22,25)/t16-/m0/s1.